The second-order valence-corrected chi connectivity index (χ2v) is 3.54. The van der Waals surface area contributed by atoms with E-state index in [4.69, 9.17) is 0 Å². The van der Waals surface area contributed by atoms with Gasteiger partial charge in [0.2, 0.25) is 0 Å². The lowest BCUT2D eigenvalue weighted by molar-refractivity contribution is -0.137. The molecule has 0 fully saturated rings. The van der Waals surface area contributed by atoms with Crippen LogP contribution in [0.15, 0.2) is 41.7 Å². The van der Waals surface area contributed by atoms with Crippen molar-refractivity contribution in [2.45, 2.75) is 0 Å². The first kappa shape index (κ1) is 11.2. The smallest absolute Gasteiger partial charge is 0.347 e. The summed E-state index contributed by atoms with van der Waals surface area (Å²) < 4.78 is 4.45. The number of esters is 1. The molecule has 17 heavy (non-hydrogen) atoms. The van der Waals surface area contributed by atoms with Gasteiger partial charge in [-0.05, 0) is 12.1 Å². The lowest BCUT2D eigenvalue weighted by atomic mass is 10.2. The summed E-state index contributed by atoms with van der Waals surface area (Å²) in [5.41, 5.74) is 0.333. The van der Waals surface area contributed by atoms with Gasteiger partial charge >= 0.3 is 5.97 Å². The van der Waals surface area contributed by atoms with Gasteiger partial charge in [0.05, 0.1) is 13.7 Å². The van der Waals surface area contributed by atoms with Crippen LogP contribution in [0.1, 0.15) is 0 Å². The number of benzene rings is 1. The number of methoxy groups -OCH3 is 1. The molecule has 1 amide bonds. The molecule has 0 aromatic heterocycles. The Morgan fingerprint density at radius 1 is 1.35 bits per heavy atom. The average molecular weight is 233 g/mol. The van der Waals surface area contributed by atoms with E-state index in [9.17, 15) is 14.7 Å². The highest BCUT2D eigenvalue weighted by molar-refractivity contribution is 6.24. The van der Waals surface area contributed by atoms with Crippen molar-refractivity contribution in [2.75, 3.05) is 18.6 Å². The quantitative estimate of drug-likeness (QED) is 0.611. The molecule has 88 valence electrons. The third-order valence-corrected chi connectivity index (χ3v) is 2.51. The number of hydrogen-bond acceptors (Lipinski definition) is 4. The Balaban J connectivity index is 2.30. The minimum absolute atomic E-state index is 0.00667. The molecule has 0 spiro atoms. The summed E-state index contributed by atoms with van der Waals surface area (Å²) in [5.74, 6) is -1.61. The highest BCUT2D eigenvalue weighted by atomic mass is 16.5. The summed E-state index contributed by atoms with van der Waals surface area (Å²) in [6, 6.07) is 8.82. The molecule has 2 rings (SSSR count). The van der Waals surface area contributed by atoms with Crippen molar-refractivity contribution in [1.29, 1.82) is 0 Å². The normalized spacial score (nSPS) is 15.4. The lowest BCUT2D eigenvalue weighted by Gasteiger charge is -2.15. The molecule has 0 saturated carbocycles. The van der Waals surface area contributed by atoms with Gasteiger partial charge < -0.3 is 14.7 Å². The van der Waals surface area contributed by atoms with Crippen LogP contribution in [0.2, 0.25) is 0 Å². The number of hydrogen-bond donors (Lipinski definition) is 1. The van der Waals surface area contributed by atoms with Crippen LogP contribution in [0.25, 0.3) is 0 Å². The standard InChI is InChI=1S/C12H11NO4/c1-17-12(16)10-9(14)7-13(11(10)15)8-5-3-2-4-6-8/h2-6,14H,7H2,1H3. The molecule has 1 heterocycles. The van der Waals surface area contributed by atoms with E-state index >= 15 is 0 Å². The second-order valence-electron chi connectivity index (χ2n) is 3.54. The Labute approximate surface area is 97.9 Å². The van der Waals surface area contributed by atoms with Crippen LogP contribution >= 0.6 is 0 Å². The first-order valence-corrected chi connectivity index (χ1v) is 5.02. The van der Waals surface area contributed by atoms with Gasteiger partial charge in [0.1, 0.15) is 5.76 Å². The van der Waals surface area contributed by atoms with Gasteiger partial charge in [0, 0.05) is 5.69 Å². The van der Waals surface area contributed by atoms with Crippen molar-refractivity contribution < 1.29 is 19.4 Å². The summed E-state index contributed by atoms with van der Waals surface area (Å²) in [6.45, 7) is -0.00667. The van der Waals surface area contributed by atoms with Crippen LogP contribution in [-0.4, -0.2) is 30.6 Å². The van der Waals surface area contributed by atoms with E-state index in [1.165, 1.54) is 12.0 Å². The monoisotopic (exact) mass is 233 g/mol. The van der Waals surface area contributed by atoms with Crippen LogP contribution in [0.3, 0.4) is 0 Å². The van der Waals surface area contributed by atoms with E-state index in [2.05, 4.69) is 4.74 Å². The van der Waals surface area contributed by atoms with Gasteiger partial charge in [-0.25, -0.2) is 4.79 Å². The van der Waals surface area contributed by atoms with Crippen molar-refractivity contribution in [3.63, 3.8) is 0 Å². The third-order valence-electron chi connectivity index (χ3n) is 2.51. The Bertz CT molecular complexity index is 492. The van der Waals surface area contributed by atoms with Crippen LogP contribution in [0.4, 0.5) is 5.69 Å². The van der Waals surface area contributed by atoms with Crippen molar-refractivity contribution in [1.82, 2.24) is 0 Å². The Morgan fingerprint density at radius 3 is 2.59 bits per heavy atom. The van der Waals surface area contributed by atoms with Crippen molar-refractivity contribution in [3.05, 3.63) is 41.7 Å². The zero-order chi connectivity index (χ0) is 12.4. The maximum Gasteiger partial charge on any atom is 0.347 e. The van der Waals surface area contributed by atoms with E-state index < -0.39 is 11.9 Å². The topological polar surface area (TPSA) is 66.8 Å². The maximum atomic E-state index is 11.9. The van der Waals surface area contributed by atoms with E-state index in [1.807, 2.05) is 6.07 Å². The fourth-order valence-electron chi connectivity index (χ4n) is 1.68. The number of nitrogens with zero attached hydrogens (tertiary/aromatic N) is 1. The molecule has 0 atom stereocenters. The van der Waals surface area contributed by atoms with Gasteiger partial charge in [0.25, 0.3) is 5.91 Å². The molecule has 1 aliphatic rings. The number of para-hydroxylation sites is 1. The summed E-state index contributed by atoms with van der Waals surface area (Å²) in [7, 11) is 1.17. The first-order chi connectivity index (χ1) is 8.15. The number of aliphatic hydroxyl groups excluding tert-OH is 1. The Kier molecular flexibility index (Phi) is 2.82. The van der Waals surface area contributed by atoms with Gasteiger partial charge in [-0.3, -0.25) is 4.79 Å². The first-order valence-electron chi connectivity index (χ1n) is 5.02. The summed E-state index contributed by atoms with van der Waals surface area (Å²) in [4.78, 5) is 24.6. The SMILES string of the molecule is COC(=O)C1=C(O)CN(c2ccccc2)C1=O. The highest BCUT2D eigenvalue weighted by Gasteiger charge is 2.36. The average Bonchev–Trinajstić information content (AvgIpc) is 2.65. The zero-order valence-electron chi connectivity index (χ0n) is 9.21. The molecule has 5 nitrogen and oxygen atoms in total. The van der Waals surface area contributed by atoms with Gasteiger partial charge in [0.15, 0.2) is 5.57 Å². The lowest BCUT2D eigenvalue weighted by Crippen LogP contribution is -2.28. The van der Waals surface area contributed by atoms with Gasteiger partial charge in [-0.2, -0.15) is 0 Å². The number of rotatable bonds is 2. The summed E-state index contributed by atoms with van der Waals surface area (Å²) in [5, 5.41) is 9.61. The summed E-state index contributed by atoms with van der Waals surface area (Å²) >= 11 is 0. The van der Waals surface area contributed by atoms with Gasteiger partial charge in [-0.15, -0.1) is 0 Å². The number of amides is 1. The van der Waals surface area contributed by atoms with Crippen molar-refractivity contribution >= 4 is 17.6 Å². The van der Waals surface area contributed by atoms with Crippen LogP contribution in [0.5, 0.6) is 0 Å². The molecule has 1 aliphatic heterocycles. The molecule has 0 unspecified atom stereocenters. The largest absolute Gasteiger partial charge is 0.509 e. The van der Waals surface area contributed by atoms with Crippen molar-refractivity contribution in [3.8, 4) is 0 Å². The molecular weight excluding hydrogens is 222 g/mol. The molecule has 1 N–H and O–H groups in total. The predicted octanol–water partition coefficient (Wildman–Crippen LogP) is 1.02. The number of anilines is 1. The Morgan fingerprint density at radius 2 is 2.00 bits per heavy atom. The van der Waals surface area contributed by atoms with E-state index in [0.29, 0.717) is 5.69 Å². The van der Waals surface area contributed by atoms with Crippen LogP contribution in [0, 0.1) is 0 Å². The Hall–Kier alpha value is -2.30. The molecule has 1 aromatic rings. The van der Waals surface area contributed by atoms with E-state index in [1.54, 1.807) is 24.3 Å². The second kappa shape index (κ2) is 4.29. The maximum absolute atomic E-state index is 11.9. The predicted molar refractivity (Wildman–Crippen MR) is 60.5 cm³/mol. The van der Waals surface area contributed by atoms with Crippen LogP contribution in [-0.2, 0) is 14.3 Å². The molecule has 0 radical (unpaired) electrons. The number of carbonyl (C=O) groups is 2. The molecular formula is C12H11NO4. The van der Waals surface area contributed by atoms with Gasteiger partial charge in [-0.1, -0.05) is 18.2 Å². The third kappa shape index (κ3) is 1.87. The number of ether oxygens (including phenoxy) is 1. The highest BCUT2D eigenvalue weighted by Crippen LogP contribution is 2.24. The fraction of sp³-hybridized carbons (Fsp3) is 0.167. The minimum atomic E-state index is -0.814. The fourth-order valence-corrected chi connectivity index (χ4v) is 1.68. The molecule has 5 heteroatoms. The van der Waals surface area contributed by atoms with E-state index in [-0.39, 0.29) is 17.9 Å². The molecule has 1 aromatic carbocycles. The molecule has 0 saturated heterocycles. The van der Waals surface area contributed by atoms with Crippen LogP contribution < -0.4 is 4.90 Å². The zero-order valence-corrected chi connectivity index (χ0v) is 9.21. The van der Waals surface area contributed by atoms with Crippen molar-refractivity contribution in [2.24, 2.45) is 0 Å². The minimum Gasteiger partial charge on any atom is -0.509 e. The summed E-state index contributed by atoms with van der Waals surface area (Å²) in [6.07, 6.45) is 0. The van der Waals surface area contributed by atoms with E-state index in [0.717, 1.165) is 0 Å². The number of aliphatic hydroxyl groups is 1. The number of carbonyl (C=O) groups excluding carboxylic acids is 2. The molecule has 0 bridgehead atoms. The molecule has 0 aliphatic carbocycles.